The van der Waals surface area contributed by atoms with Crippen LogP contribution in [0.25, 0.3) is 0 Å². The van der Waals surface area contributed by atoms with Crippen molar-refractivity contribution >= 4 is 0 Å². The Bertz CT molecular complexity index is 401. The molecule has 0 spiro atoms. The Morgan fingerprint density at radius 3 is 2.63 bits per heavy atom. The molecule has 1 heterocycles. The lowest BCUT2D eigenvalue weighted by Gasteiger charge is -2.40. The molecule has 0 radical (unpaired) electrons. The van der Waals surface area contributed by atoms with Crippen molar-refractivity contribution in [3.8, 4) is 0 Å². The molecule has 1 saturated carbocycles. The molecule has 108 valence electrons. The number of hydrogen-bond donors (Lipinski definition) is 2. The number of aryl methyl sites for hydroxylation is 1. The maximum Gasteiger partial charge on any atom is 0.0772 e. The van der Waals surface area contributed by atoms with Gasteiger partial charge in [0, 0.05) is 25.8 Å². The van der Waals surface area contributed by atoms with Gasteiger partial charge in [0.1, 0.15) is 0 Å². The fraction of sp³-hybridized carbons (Fsp3) is 0.800. The third kappa shape index (κ3) is 3.80. The van der Waals surface area contributed by atoms with Gasteiger partial charge in [0.05, 0.1) is 11.3 Å². The second-order valence-electron chi connectivity index (χ2n) is 6.63. The molecule has 0 aromatic carbocycles. The van der Waals surface area contributed by atoms with Gasteiger partial charge in [-0.3, -0.25) is 4.68 Å². The number of rotatable bonds is 5. The zero-order valence-electron chi connectivity index (χ0n) is 12.4. The van der Waals surface area contributed by atoms with E-state index in [1.54, 1.807) is 0 Å². The van der Waals surface area contributed by atoms with Crippen molar-refractivity contribution in [2.45, 2.75) is 65.1 Å². The quantitative estimate of drug-likeness (QED) is 0.859. The number of nitrogens with zero attached hydrogens (tertiary/aromatic N) is 2. The van der Waals surface area contributed by atoms with Crippen molar-refractivity contribution in [1.29, 1.82) is 0 Å². The SMILES string of the molecule is CCn1nccc1CNCC1(O)CCC(C)(C)CC1. The first-order valence-corrected chi connectivity index (χ1v) is 7.38. The van der Waals surface area contributed by atoms with Crippen LogP contribution in [-0.2, 0) is 13.1 Å². The highest BCUT2D eigenvalue weighted by molar-refractivity contribution is 5.00. The van der Waals surface area contributed by atoms with E-state index in [1.807, 2.05) is 16.9 Å². The Morgan fingerprint density at radius 1 is 1.32 bits per heavy atom. The van der Waals surface area contributed by atoms with Gasteiger partial charge in [-0.25, -0.2) is 0 Å². The minimum Gasteiger partial charge on any atom is -0.389 e. The van der Waals surface area contributed by atoms with Crippen LogP contribution in [0.4, 0.5) is 0 Å². The number of hydrogen-bond acceptors (Lipinski definition) is 3. The van der Waals surface area contributed by atoms with Gasteiger partial charge in [0.25, 0.3) is 0 Å². The van der Waals surface area contributed by atoms with Crippen LogP contribution in [0.15, 0.2) is 12.3 Å². The van der Waals surface area contributed by atoms with E-state index in [4.69, 9.17) is 0 Å². The fourth-order valence-electron chi connectivity index (χ4n) is 2.79. The molecule has 0 unspecified atom stereocenters. The van der Waals surface area contributed by atoms with E-state index in [-0.39, 0.29) is 0 Å². The van der Waals surface area contributed by atoms with Crippen LogP contribution < -0.4 is 5.32 Å². The minimum absolute atomic E-state index is 0.396. The summed E-state index contributed by atoms with van der Waals surface area (Å²) in [7, 11) is 0. The molecular weight excluding hydrogens is 238 g/mol. The molecule has 0 aliphatic heterocycles. The van der Waals surface area contributed by atoms with Crippen molar-refractivity contribution < 1.29 is 5.11 Å². The van der Waals surface area contributed by atoms with Crippen molar-refractivity contribution in [1.82, 2.24) is 15.1 Å². The van der Waals surface area contributed by atoms with Gasteiger partial charge in [0.15, 0.2) is 0 Å². The molecule has 1 aromatic heterocycles. The number of aliphatic hydroxyl groups is 1. The topological polar surface area (TPSA) is 50.1 Å². The summed E-state index contributed by atoms with van der Waals surface area (Å²) in [5, 5.41) is 18.2. The second-order valence-corrected chi connectivity index (χ2v) is 6.63. The fourth-order valence-corrected chi connectivity index (χ4v) is 2.79. The van der Waals surface area contributed by atoms with Crippen molar-refractivity contribution in [2.75, 3.05) is 6.54 Å². The molecule has 1 aliphatic rings. The maximum absolute atomic E-state index is 10.6. The first-order valence-electron chi connectivity index (χ1n) is 7.38. The van der Waals surface area contributed by atoms with Crippen molar-refractivity contribution in [3.05, 3.63) is 18.0 Å². The third-order valence-electron chi connectivity index (χ3n) is 4.40. The second kappa shape index (κ2) is 5.63. The summed E-state index contributed by atoms with van der Waals surface area (Å²) in [6.07, 6.45) is 5.86. The lowest BCUT2D eigenvalue weighted by atomic mass is 9.71. The molecule has 19 heavy (non-hydrogen) atoms. The maximum atomic E-state index is 10.6. The molecule has 4 nitrogen and oxygen atoms in total. The normalized spacial score (nSPS) is 21.5. The van der Waals surface area contributed by atoms with Crippen molar-refractivity contribution in [3.63, 3.8) is 0 Å². The minimum atomic E-state index is -0.521. The molecule has 1 fully saturated rings. The average molecular weight is 265 g/mol. The molecule has 2 rings (SSSR count). The van der Waals surface area contributed by atoms with E-state index in [0.29, 0.717) is 12.0 Å². The Labute approximate surface area is 116 Å². The van der Waals surface area contributed by atoms with Crippen LogP contribution in [0.5, 0.6) is 0 Å². The molecule has 0 bridgehead atoms. The lowest BCUT2D eigenvalue weighted by Crippen LogP contribution is -2.45. The van der Waals surface area contributed by atoms with Gasteiger partial charge in [-0.1, -0.05) is 13.8 Å². The van der Waals surface area contributed by atoms with E-state index in [0.717, 1.165) is 38.8 Å². The molecule has 0 atom stereocenters. The van der Waals surface area contributed by atoms with E-state index >= 15 is 0 Å². The number of aromatic nitrogens is 2. The lowest BCUT2D eigenvalue weighted by molar-refractivity contribution is -0.0246. The van der Waals surface area contributed by atoms with Crippen LogP contribution in [0.3, 0.4) is 0 Å². The first-order chi connectivity index (χ1) is 8.94. The van der Waals surface area contributed by atoms with Gasteiger partial charge >= 0.3 is 0 Å². The largest absolute Gasteiger partial charge is 0.389 e. The zero-order valence-corrected chi connectivity index (χ0v) is 12.4. The zero-order chi connectivity index (χ0) is 13.9. The summed E-state index contributed by atoms with van der Waals surface area (Å²) < 4.78 is 1.99. The summed E-state index contributed by atoms with van der Waals surface area (Å²) >= 11 is 0. The summed E-state index contributed by atoms with van der Waals surface area (Å²) in [6.45, 7) is 9.02. The summed E-state index contributed by atoms with van der Waals surface area (Å²) in [5.74, 6) is 0. The Kier molecular flexibility index (Phi) is 4.31. The van der Waals surface area contributed by atoms with Crippen LogP contribution >= 0.6 is 0 Å². The predicted molar refractivity (Wildman–Crippen MR) is 76.8 cm³/mol. The highest BCUT2D eigenvalue weighted by Gasteiger charge is 2.36. The van der Waals surface area contributed by atoms with Gasteiger partial charge in [0.2, 0.25) is 0 Å². The van der Waals surface area contributed by atoms with E-state index in [9.17, 15) is 5.11 Å². The number of nitrogens with one attached hydrogen (secondary N) is 1. The highest BCUT2D eigenvalue weighted by Crippen LogP contribution is 2.39. The molecule has 1 aliphatic carbocycles. The molecule has 1 aromatic rings. The van der Waals surface area contributed by atoms with Crippen LogP contribution in [0.1, 0.15) is 52.1 Å². The third-order valence-corrected chi connectivity index (χ3v) is 4.40. The van der Waals surface area contributed by atoms with Crippen LogP contribution in [0, 0.1) is 5.41 Å². The van der Waals surface area contributed by atoms with Gasteiger partial charge < -0.3 is 10.4 Å². The van der Waals surface area contributed by atoms with E-state index in [2.05, 4.69) is 31.2 Å². The molecule has 0 amide bonds. The average Bonchev–Trinajstić information content (AvgIpc) is 2.81. The Hall–Kier alpha value is -0.870. The summed E-state index contributed by atoms with van der Waals surface area (Å²) in [6, 6.07) is 2.03. The monoisotopic (exact) mass is 265 g/mol. The Balaban J connectivity index is 1.80. The van der Waals surface area contributed by atoms with E-state index in [1.165, 1.54) is 5.69 Å². The summed E-state index contributed by atoms with van der Waals surface area (Å²) in [4.78, 5) is 0. The van der Waals surface area contributed by atoms with Gasteiger partial charge in [-0.15, -0.1) is 0 Å². The molecule has 2 N–H and O–H groups in total. The van der Waals surface area contributed by atoms with Crippen LogP contribution in [-0.4, -0.2) is 27.0 Å². The molecule has 4 heteroatoms. The van der Waals surface area contributed by atoms with Crippen LogP contribution in [0.2, 0.25) is 0 Å². The van der Waals surface area contributed by atoms with E-state index < -0.39 is 5.60 Å². The Morgan fingerprint density at radius 2 is 2.00 bits per heavy atom. The molecule has 0 saturated heterocycles. The van der Waals surface area contributed by atoms with Gasteiger partial charge in [-0.05, 0) is 44.1 Å². The smallest absolute Gasteiger partial charge is 0.0772 e. The van der Waals surface area contributed by atoms with Gasteiger partial charge in [-0.2, -0.15) is 5.10 Å². The predicted octanol–water partition coefficient (Wildman–Crippen LogP) is 2.32. The molecular formula is C15H27N3O. The standard InChI is InChI=1S/C15H27N3O/c1-4-18-13(5-10-17-18)11-16-12-15(19)8-6-14(2,3)7-9-15/h5,10,16,19H,4,6-9,11-12H2,1-3H3. The summed E-state index contributed by atoms with van der Waals surface area (Å²) in [5.41, 5.74) is 1.06. The highest BCUT2D eigenvalue weighted by atomic mass is 16.3. The van der Waals surface area contributed by atoms with Crippen molar-refractivity contribution in [2.24, 2.45) is 5.41 Å². The first kappa shape index (κ1) is 14.5.